The van der Waals surface area contributed by atoms with Gasteiger partial charge in [0.2, 0.25) is 0 Å². The summed E-state index contributed by atoms with van der Waals surface area (Å²) >= 11 is 0. The lowest BCUT2D eigenvalue weighted by molar-refractivity contribution is -0.139. The van der Waals surface area contributed by atoms with Crippen LogP contribution >= 0.6 is 0 Å². The quantitative estimate of drug-likeness (QED) is 0.478. The van der Waals surface area contributed by atoms with Gasteiger partial charge < -0.3 is 15.5 Å². The minimum Gasteiger partial charge on any atom is -0.481 e. The fraction of sp³-hybridized carbons (Fsp3) is 0.391. The highest BCUT2D eigenvalue weighted by molar-refractivity contribution is 5.67. The van der Waals surface area contributed by atoms with E-state index in [-0.39, 0.29) is 18.2 Å². The van der Waals surface area contributed by atoms with Gasteiger partial charge in [0.25, 0.3) is 0 Å². The molecule has 0 atom stereocenters. The predicted octanol–water partition coefficient (Wildman–Crippen LogP) is 4.59. The molecule has 0 amide bonds. The van der Waals surface area contributed by atoms with Gasteiger partial charge >= 0.3 is 12.1 Å². The second-order valence-electron chi connectivity index (χ2n) is 8.68. The van der Waals surface area contributed by atoms with Crippen molar-refractivity contribution >= 4 is 17.6 Å². The molecule has 4 rings (SSSR count). The fourth-order valence-electron chi connectivity index (χ4n) is 4.20. The van der Waals surface area contributed by atoms with E-state index in [1.807, 2.05) is 6.92 Å². The Kier molecular flexibility index (Phi) is 6.30. The summed E-state index contributed by atoms with van der Waals surface area (Å²) in [5, 5.41) is 22.9. The first-order valence-electron chi connectivity index (χ1n) is 10.8. The number of carboxylic acids is 1. The molecule has 1 aliphatic carbocycles. The number of hydrogen-bond acceptors (Lipinski definition) is 6. The first-order valence-corrected chi connectivity index (χ1v) is 10.8. The average molecular weight is 475 g/mol. The zero-order valence-electron chi connectivity index (χ0n) is 18.4. The number of nitrogens with zero attached hydrogens (tertiary/aromatic N) is 4. The Morgan fingerprint density at radius 2 is 1.94 bits per heavy atom. The van der Waals surface area contributed by atoms with Crippen LogP contribution in [0.4, 0.5) is 24.8 Å². The number of halogens is 3. The fourth-order valence-corrected chi connectivity index (χ4v) is 4.20. The summed E-state index contributed by atoms with van der Waals surface area (Å²) in [6.45, 7) is 1.82. The van der Waals surface area contributed by atoms with E-state index in [2.05, 4.69) is 20.3 Å². The SMILES string of the molecule is Cc1cc(Nc2cc(C(F)(F)F)ccn2)nc(-n2cnc(C3(O)CCC(CC(=O)O)CC3)c2)c1. The van der Waals surface area contributed by atoms with E-state index in [4.69, 9.17) is 5.11 Å². The third-order valence-corrected chi connectivity index (χ3v) is 6.02. The molecule has 0 radical (unpaired) electrons. The van der Waals surface area contributed by atoms with E-state index in [1.165, 1.54) is 6.33 Å². The number of alkyl halides is 3. The molecule has 0 saturated heterocycles. The van der Waals surface area contributed by atoms with Crippen LogP contribution in [0.2, 0.25) is 0 Å². The predicted molar refractivity (Wildman–Crippen MR) is 117 cm³/mol. The minimum absolute atomic E-state index is 0.0117. The number of aliphatic carboxylic acids is 1. The van der Waals surface area contributed by atoms with Crippen molar-refractivity contribution in [1.82, 2.24) is 19.5 Å². The zero-order chi connectivity index (χ0) is 24.5. The van der Waals surface area contributed by atoms with E-state index in [0.29, 0.717) is 43.0 Å². The molecule has 0 spiro atoms. The van der Waals surface area contributed by atoms with Crippen LogP contribution in [0.3, 0.4) is 0 Å². The lowest BCUT2D eigenvalue weighted by atomic mass is 9.76. The normalized spacial score (nSPS) is 20.8. The Morgan fingerprint density at radius 1 is 1.21 bits per heavy atom. The van der Waals surface area contributed by atoms with Crippen molar-refractivity contribution in [3.63, 3.8) is 0 Å². The Morgan fingerprint density at radius 3 is 2.62 bits per heavy atom. The summed E-state index contributed by atoms with van der Waals surface area (Å²) in [6, 6.07) is 5.27. The first-order chi connectivity index (χ1) is 16.0. The average Bonchev–Trinajstić information content (AvgIpc) is 3.26. The van der Waals surface area contributed by atoms with Crippen molar-refractivity contribution in [3.8, 4) is 5.82 Å². The second kappa shape index (κ2) is 9.05. The van der Waals surface area contributed by atoms with Crippen molar-refractivity contribution < 1.29 is 28.2 Å². The largest absolute Gasteiger partial charge is 0.481 e. The number of aliphatic hydroxyl groups is 1. The highest BCUT2D eigenvalue weighted by atomic mass is 19.4. The molecule has 8 nitrogen and oxygen atoms in total. The zero-order valence-corrected chi connectivity index (χ0v) is 18.4. The van der Waals surface area contributed by atoms with Gasteiger partial charge in [-0.2, -0.15) is 13.2 Å². The van der Waals surface area contributed by atoms with E-state index < -0.39 is 23.3 Å². The first kappa shape index (κ1) is 23.7. The summed E-state index contributed by atoms with van der Waals surface area (Å²) in [5.74, 6) is -0.00893. The molecule has 3 aromatic rings. The summed E-state index contributed by atoms with van der Waals surface area (Å²) in [6.07, 6.45) is 1.90. The number of imidazole rings is 1. The molecule has 1 fully saturated rings. The molecule has 0 unspecified atom stereocenters. The molecule has 3 aromatic heterocycles. The highest BCUT2D eigenvalue weighted by Crippen LogP contribution is 2.40. The monoisotopic (exact) mass is 475 g/mol. The topological polar surface area (TPSA) is 113 Å². The molecule has 3 heterocycles. The Balaban J connectivity index is 1.53. The number of aryl methyl sites for hydroxylation is 1. The van der Waals surface area contributed by atoms with Gasteiger partial charge in [-0.3, -0.25) is 9.36 Å². The van der Waals surface area contributed by atoms with Gasteiger partial charge in [-0.1, -0.05) is 0 Å². The van der Waals surface area contributed by atoms with Crippen LogP contribution in [0.5, 0.6) is 0 Å². The van der Waals surface area contributed by atoms with Crippen LogP contribution in [0.15, 0.2) is 43.0 Å². The van der Waals surface area contributed by atoms with Crippen LogP contribution in [0.25, 0.3) is 5.82 Å². The van der Waals surface area contributed by atoms with Gasteiger partial charge in [0.15, 0.2) is 0 Å². The number of pyridine rings is 2. The summed E-state index contributed by atoms with van der Waals surface area (Å²) in [5.41, 5.74) is -0.683. The molecule has 11 heteroatoms. The molecule has 0 bridgehead atoms. The summed E-state index contributed by atoms with van der Waals surface area (Å²) in [7, 11) is 0. The number of anilines is 2. The number of nitrogens with one attached hydrogen (secondary N) is 1. The van der Waals surface area contributed by atoms with Crippen LogP contribution in [-0.2, 0) is 16.6 Å². The summed E-state index contributed by atoms with van der Waals surface area (Å²) in [4.78, 5) is 23.7. The van der Waals surface area contributed by atoms with Crippen molar-refractivity contribution in [2.75, 3.05) is 5.32 Å². The van der Waals surface area contributed by atoms with Crippen molar-refractivity contribution in [1.29, 1.82) is 0 Å². The molecule has 1 aliphatic rings. The van der Waals surface area contributed by atoms with Gasteiger partial charge in [-0.05, 0) is 68.4 Å². The van der Waals surface area contributed by atoms with Gasteiger partial charge in [-0.25, -0.2) is 15.0 Å². The van der Waals surface area contributed by atoms with Crippen LogP contribution in [0, 0.1) is 12.8 Å². The molecule has 34 heavy (non-hydrogen) atoms. The third-order valence-electron chi connectivity index (χ3n) is 6.02. The molecule has 180 valence electrons. The highest BCUT2D eigenvalue weighted by Gasteiger charge is 2.37. The van der Waals surface area contributed by atoms with E-state index >= 15 is 0 Å². The lowest BCUT2D eigenvalue weighted by Crippen LogP contribution is -2.32. The maximum Gasteiger partial charge on any atom is 0.416 e. The van der Waals surface area contributed by atoms with Gasteiger partial charge in [0.1, 0.15) is 29.4 Å². The molecular weight excluding hydrogens is 451 g/mol. The Bertz CT molecular complexity index is 1190. The van der Waals surface area contributed by atoms with E-state index in [9.17, 15) is 23.1 Å². The third kappa shape index (κ3) is 5.36. The number of carboxylic acid groups (broad SMARTS) is 1. The number of aromatic nitrogens is 4. The summed E-state index contributed by atoms with van der Waals surface area (Å²) < 4.78 is 40.6. The van der Waals surface area contributed by atoms with Gasteiger partial charge in [-0.15, -0.1) is 0 Å². The van der Waals surface area contributed by atoms with Crippen molar-refractivity contribution in [2.45, 2.75) is 50.8 Å². The molecular formula is C23H24F3N5O3. The molecule has 0 aromatic carbocycles. The number of carbonyl (C=O) groups is 1. The molecule has 3 N–H and O–H groups in total. The van der Waals surface area contributed by atoms with Crippen molar-refractivity contribution in [3.05, 3.63) is 59.8 Å². The maximum absolute atomic E-state index is 13.0. The maximum atomic E-state index is 13.0. The van der Waals surface area contributed by atoms with E-state index in [1.54, 1.807) is 22.9 Å². The second-order valence-corrected chi connectivity index (χ2v) is 8.68. The van der Waals surface area contributed by atoms with Crippen LogP contribution in [0.1, 0.15) is 48.9 Å². The standard InChI is InChI=1S/C23H24F3N5O3/c1-14-8-19(29-18-11-16(4-7-27-18)23(24,25)26)30-20(9-14)31-12-17(28-13-31)22(34)5-2-15(3-6-22)10-21(32)33/h4,7-9,11-13,15,34H,2-3,5-6,10H2,1H3,(H,32,33)(H,27,29,30). The minimum atomic E-state index is -4.48. The van der Waals surface area contributed by atoms with Crippen molar-refractivity contribution in [2.24, 2.45) is 5.92 Å². The number of hydrogen-bond donors (Lipinski definition) is 3. The smallest absolute Gasteiger partial charge is 0.416 e. The number of rotatable bonds is 6. The lowest BCUT2D eigenvalue weighted by Gasteiger charge is -2.34. The Labute approximate surface area is 193 Å². The Hall–Kier alpha value is -3.47. The molecule has 1 saturated carbocycles. The van der Waals surface area contributed by atoms with Crippen LogP contribution in [-0.4, -0.2) is 35.7 Å². The van der Waals surface area contributed by atoms with E-state index in [0.717, 1.165) is 23.9 Å². The van der Waals surface area contributed by atoms with Gasteiger partial charge in [0.05, 0.1) is 11.3 Å². The van der Waals surface area contributed by atoms with Gasteiger partial charge in [0, 0.05) is 18.8 Å². The molecule has 0 aliphatic heterocycles. The van der Waals surface area contributed by atoms with Crippen LogP contribution < -0.4 is 5.32 Å².